The molecule has 1 aliphatic carbocycles. The first-order chi connectivity index (χ1) is 14.1. The van der Waals surface area contributed by atoms with Crippen molar-refractivity contribution >= 4 is 0 Å². The third-order valence-electron chi connectivity index (χ3n) is 7.34. The fourth-order valence-corrected chi connectivity index (χ4v) is 6.35. The number of hydrogen-bond acceptors (Lipinski definition) is 1. The van der Waals surface area contributed by atoms with Gasteiger partial charge in [0, 0.05) is 0 Å². The standard InChI is InChI=1S/C28H26O/c1-26(2)19-11-18-24-25(26)28(21-14-7-4-8-15-21)23-17-10-9-16-22(23)27(24,29-28)20-12-5-3-6-13-20/h3-10,12-17H,11,18-19H2,1-2H3/t27-,28+/m1/s1. The lowest BCUT2D eigenvalue weighted by Gasteiger charge is -2.43. The van der Waals surface area contributed by atoms with Crippen LogP contribution in [0.25, 0.3) is 0 Å². The molecule has 3 aromatic rings. The van der Waals surface area contributed by atoms with Crippen molar-refractivity contribution in [3.8, 4) is 0 Å². The molecule has 1 heteroatoms. The monoisotopic (exact) mass is 378 g/mol. The molecule has 0 unspecified atom stereocenters. The molecule has 6 rings (SSSR count). The van der Waals surface area contributed by atoms with E-state index < -0.39 is 11.2 Å². The van der Waals surface area contributed by atoms with Gasteiger partial charge in [0.15, 0.2) is 0 Å². The van der Waals surface area contributed by atoms with E-state index in [1.54, 1.807) is 0 Å². The molecule has 3 aliphatic rings. The first kappa shape index (κ1) is 17.2. The molecule has 0 saturated heterocycles. The third kappa shape index (κ3) is 1.99. The van der Waals surface area contributed by atoms with Gasteiger partial charge >= 0.3 is 0 Å². The van der Waals surface area contributed by atoms with E-state index in [0.29, 0.717) is 0 Å². The summed E-state index contributed by atoms with van der Waals surface area (Å²) in [7, 11) is 0. The summed E-state index contributed by atoms with van der Waals surface area (Å²) in [5.74, 6) is 0. The summed E-state index contributed by atoms with van der Waals surface area (Å²) in [6, 6.07) is 30.7. The number of fused-ring (bicyclic) bond motifs is 7. The molecule has 0 aromatic heterocycles. The van der Waals surface area contributed by atoms with E-state index in [4.69, 9.17) is 4.74 Å². The lowest BCUT2D eigenvalue weighted by molar-refractivity contribution is -0.0374. The zero-order valence-electron chi connectivity index (χ0n) is 17.1. The zero-order valence-corrected chi connectivity index (χ0v) is 17.1. The maximum Gasteiger partial charge on any atom is 0.143 e. The highest BCUT2D eigenvalue weighted by atomic mass is 16.5. The van der Waals surface area contributed by atoms with Gasteiger partial charge in [-0.3, -0.25) is 0 Å². The Bertz CT molecular complexity index is 1130. The minimum Gasteiger partial charge on any atom is -0.341 e. The summed E-state index contributed by atoms with van der Waals surface area (Å²) < 4.78 is 7.40. The fourth-order valence-electron chi connectivity index (χ4n) is 6.35. The lowest BCUT2D eigenvalue weighted by Crippen LogP contribution is -2.37. The van der Waals surface area contributed by atoms with Gasteiger partial charge in [-0.25, -0.2) is 0 Å². The van der Waals surface area contributed by atoms with Crippen LogP contribution in [0.2, 0.25) is 0 Å². The van der Waals surface area contributed by atoms with Crippen molar-refractivity contribution < 1.29 is 4.74 Å². The summed E-state index contributed by atoms with van der Waals surface area (Å²) in [5.41, 5.74) is 7.31. The van der Waals surface area contributed by atoms with E-state index in [1.807, 2.05) is 0 Å². The van der Waals surface area contributed by atoms with Crippen molar-refractivity contribution in [2.45, 2.75) is 44.3 Å². The Labute approximate surface area is 173 Å². The van der Waals surface area contributed by atoms with Gasteiger partial charge in [-0.1, -0.05) is 98.8 Å². The maximum atomic E-state index is 7.40. The molecule has 0 fully saturated rings. The molecule has 2 aliphatic heterocycles. The van der Waals surface area contributed by atoms with E-state index in [-0.39, 0.29) is 5.41 Å². The predicted molar refractivity (Wildman–Crippen MR) is 117 cm³/mol. The van der Waals surface area contributed by atoms with E-state index in [9.17, 15) is 0 Å². The minimum atomic E-state index is -0.493. The van der Waals surface area contributed by atoms with Gasteiger partial charge in [0.05, 0.1) is 0 Å². The number of rotatable bonds is 2. The highest BCUT2D eigenvalue weighted by Crippen LogP contribution is 2.71. The van der Waals surface area contributed by atoms with Crippen molar-refractivity contribution in [3.05, 3.63) is 118 Å². The molecule has 0 spiro atoms. The second-order valence-electron chi connectivity index (χ2n) is 9.33. The quantitative estimate of drug-likeness (QED) is 0.450. The Kier molecular flexibility index (Phi) is 3.39. The third-order valence-corrected chi connectivity index (χ3v) is 7.34. The molecule has 2 bridgehead atoms. The highest BCUT2D eigenvalue weighted by molar-refractivity contribution is 5.69. The number of benzene rings is 3. The van der Waals surface area contributed by atoms with Crippen molar-refractivity contribution in [1.29, 1.82) is 0 Å². The van der Waals surface area contributed by atoms with E-state index in [2.05, 4.69) is 98.8 Å². The van der Waals surface area contributed by atoms with Gasteiger partial charge in [0.1, 0.15) is 11.2 Å². The van der Waals surface area contributed by atoms with Gasteiger partial charge in [-0.2, -0.15) is 0 Å². The molecule has 1 nitrogen and oxygen atoms in total. The van der Waals surface area contributed by atoms with Gasteiger partial charge in [-0.15, -0.1) is 0 Å². The molecule has 0 saturated carbocycles. The number of hydrogen-bond donors (Lipinski definition) is 0. The maximum absolute atomic E-state index is 7.40. The van der Waals surface area contributed by atoms with Crippen molar-refractivity contribution in [1.82, 2.24) is 0 Å². The number of ether oxygens (including phenoxy) is 1. The van der Waals surface area contributed by atoms with Gasteiger partial charge < -0.3 is 4.74 Å². The minimum absolute atomic E-state index is 0.105. The molecule has 144 valence electrons. The molecule has 2 heterocycles. The molecular formula is C28H26O. The van der Waals surface area contributed by atoms with Crippen LogP contribution in [0.3, 0.4) is 0 Å². The van der Waals surface area contributed by atoms with Crippen LogP contribution in [0.15, 0.2) is 96.1 Å². The molecule has 29 heavy (non-hydrogen) atoms. The second kappa shape index (κ2) is 5.70. The molecule has 0 amide bonds. The topological polar surface area (TPSA) is 9.23 Å². The van der Waals surface area contributed by atoms with E-state index in [0.717, 1.165) is 6.42 Å². The first-order valence-corrected chi connectivity index (χ1v) is 10.8. The molecule has 0 radical (unpaired) electrons. The van der Waals surface area contributed by atoms with Crippen molar-refractivity contribution in [2.75, 3.05) is 0 Å². The normalized spacial score (nSPS) is 28.9. The smallest absolute Gasteiger partial charge is 0.143 e. The van der Waals surface area contributed by atoms with Gasteiger partial charge in [0.25, 0.3) is 0 Å². The van der Waals surface area contributed by atoms with Gasteiger partial charge in [-0.05, 0) is 58.1 Å². The average Bonchev–Trinajstić information content (AvgIpc) is 3.25. The van der Waals surface area contributed by atoms with Gasteiger partial charge in [0.2, 0.25) is 0 Å². The van der Waals surface area contributed by atoms with Crippen LogP contribution in [0.1, 0.15) is 55.4 Å². The Balaban J connectivity index is 1.78. The van der Waals surface area contributed by atoms with Crippen molar-refractivity contribution in [3.63, 3.8) is 0 Å². The van der Waals surface area contributed by atoms with Crippen LogP contribution in [-0.2, 0) is 15.9 Å². The second-order valence-corrected chi connectivity index (χ2v) is 9.33. The summed E-state index contributed by atoms with van der Waals surface area (Å²) in [5, 5.41) is 0. The summed E-state index contributed by atoms with van der Waals surface area (Å²) in [6.07, 6.45) is 3.53. The Hall–Kier alpha value is -2.64. The predicted octanol–water partition coefficient (Wildman–Crippen LogP) is 6.72. The lowest BCUT2D eigenvalue weighted by atomic mass is 9.57. The first-order valence-electron chi connectivity index (χ1n) is 10.8. The van der Waals surface area contributed by atoms with E-state index in [1.165, 1.54) is 46.2 Å². The van der Waals surface area contributed by atoms with Crippen LogP contribution < -0.4 is 0 Å². The fraction of sp³-hybridized carbons (Fsp3) is 0.286. The van der Waals surface area contributed by atoms with Crippen LogP contribution in [0, 0.1) is 5.41 Å². The Morgan fingerprint density at radius 1 is 0.655 bits per heavy atom. The van der Waals surface area contributed by atoms with Crippen LogP contribution in [-0.4, -0.2) is 0 Å². The van der Waals surface area contributed by atoms with Crippen molar-refractivity contribution in [2.24, 2.45) is 5.41 Å². The highest BCUT2D eigenvalue weighted by Gasteiger charge is 2.67. The summed E-state index contributed by atoms with van der Waals surface area (Å²) in [4.78, 5) is 0. The Morgan fingerprint density at radius 3 is 1.79 bits per heavy atom. The zero-order chi connectivity index (χ0) is 19.7. The largest absolute Gasteiger partial charge is 0.341 e. The molecular weight excluding hydrogens is 352 g/mol. The molecule has 3 aromatic carbocycles. The van der Waals surface area contributed by atoms with Crippen LogP contribution >= 0.6 is 0 Å². The SMILES string of the molecule is CC1(C)CCCC2=C1[C@@]1(c3ccccc3)O[C@]2(c2ccccc2)c2ccccc21. The van der Waals surface area contributed by atoms with Crippen LogP contribution in [0.5, 0.6) is 0 Å². The molecule has 0 N–H and O–H groups in total. The summed E-state index contributed by atoms with van der Waals surface area (Å²) >= 11 is 0. The molecule has 2 atom stereocenters. The Morgan fingerprint density at radius 2 is 1.17 bits per heavy atom. The van der Waals surface area contributed by atoms with Crippen LogP contribution in [0.4, 0.5) is 0 Å². The van der Waals surface area contributed by atoms with E-state index >= 15 is 0 Å². The average molecular weight is 379 g/mol. The summed E-state index contributed by atoms with van der Waals surface area (Å²) in [6.45, 7) is 4.83.